The van der Waals surface area contributed by atoms with Crippen LogP contribution >= 0.6 is 0 Å². The van der Waals surface area contributed by atoms with Crippen molar-refractivity contribution < 1.29 is 9.47 Å². The number of H-pyrrole nitrogens is 1. The monoisotopic (exact) mass is 457 g/mol. The van der Waals surface area contributed by atoms with Crippen LogP contribution in [-0.2, 0) is 4.74 Å². The lowest BCUT2D eigenvalue weighted by atomic mass is 10.1. The molecule has 8 heteroatoms. The molecule has 0 bridgehead atoms. The van der Waals surface area contributed by atoms with E-state index < -0.39 is 0 Å². The topological polar surface area (TPSA) is 92.4 Å². The molecule has 1 aliphatic rings. The number of hydrogen-bond acceptors (Lipinski definition) is 7. The summed E-state index contributed by atoms with van der Waals surface area (Å²) in [6.45, 7) is 7.19. The Bertz CT molecular complexity index is 1340. The molecule has 0 aliphatic carbocycles. The van der Waals surface area contributed by atoms with Gasteiger partial charge in [-0.05, 0) is 56.3 Å². The fourth-order valence-corrected chi connectivity index (χ4v) is 4.07. The Kier molecular flexibility index (Phi) is 6.14. The third kappa shape index (κ3) is 4.58. The number of nitrogens with one attached hydrogen (secondary N) is 2. The molecule has 0 unspecified atom stereocenters. The molecule has 0 atom stereocenters. The van der Waals surface area contributed by atoms with Gasteiger partial charge in [0.2, 0.25) is 0 Å². The molecular weight excluding hydrogens is 430 g/mol. The number of pyridine rings is 1. The zero-order chi connectivity index (χ0) is 23.5. The molecule has 4 aromatic rings. The van der Waals surface area contributed by atoms with Gasteiger partial charge in [0.15, 0.2) is 0 Å². The lowest BCUT2D eigenvalue weighted by molar-refractivity contribution is 0.122. The van der Waals surface area contributed by atoms with Crippen LogP contribution in [0.3, 0.4) is 0 Å². The summed E-state index contributed by atoms with van der Waals surface area (Å²) in [5, 5.41) is 3.74. The molecule has 1 aliphatic heterocycles. The minimum Gasteiger partial charge on any atom is -0.490 e. The van der Waals surface area contributed by atoms with E-state index in [0.717, 1.165) is 49.0 Å². The van der Waals surface area contributed by atoms with Crippen LogP contribution in [0.15, 0.2) is 65.7 Å². The Labute approximate surface area is 197 Å². The third-order valence-corrected chi connectivity index (χ3v) is 5.66. The van der Waals surface area contributed by atoms with Crippen molar-refractivity contribution >= 4 is 28.1 Å². The second-order valence-electron chi connectivity index (χ2n) is 8.42. The van der Waals surface area contributed by atoms with Gasteiger partial charge in [0.05, 0.1) is 36.9 Å². The van der Waals surface area contributed by atoms with E-state index in [1.54, 1.807) is 0 Å². The molecule has 3 heterocycles. The SMILES string of the molecule is CC(C)Oc1ccccc1-c1cc2nc[nH]c(=O)c2c(Nc2ccc(N3CCOCC3)cc2)n1. The maximum Gasteiger partial charge on any atom is 0.262 e. The van der Waals surface area contributed by atoms with E-state index in [1.165, 1.54) is 6.33 Å². The number of benzene rings is 2. The Morgan fingerprint density at radius 2 is 1.85 bits per heavy atom. The predicted octanol–water partition coefficient (Wildman–Crippen LogP) is 4.35. The highest BCUT2D eigenvalue weighted by molar-refractivity contribution is 5.93. The zero-order valence-electron chi connectivity index (χ0n) is 19.2. The summed E-state index contributed by atoms with van der Waals surface area (Å²) >= 11 is 0. The molecule has 2 N–H and O–H groups in total. The fourth-order valence-electron chi connectivity index (χ4n) is 4.07. The number of para-hydroxylation sites is 1. The third-order valence-electron chi connectivity index (χ3n) is 5.66. The Hall–Kier alpha value is -3.91. The fraction of sp³-hybridized carbons (Fsp3) is 0.269. The summed E-state index contributed by atoms with van der Waals surface area (Å²) in [5.74, 6) is 1.18. The van der Waals surface area contributed by atoms with Crippen LogP contribution in [-0.4, -0.2) is 47.4 Å². The summed E-state index contributed by atoms with van der Waals surface area (Å²) < 4.78 is 11.4. The van der Waals surface area contributed by atoms with Crippen molar-refractivity contribution in [3.05, 3.63) is 71.3 Å². The van der Waals surface area contributed by atoms with E-state index in [0.29, 0.717) is 22.4 Å². The highest BCUT2D eigenvalue weighted by Crippen LogP contribution is 2.33. The van der Waals surface area contributed by atoms with Crippen LogP contribution in [0, 0.1) is 0 Å². The first-order valence-corrected chi connectivity index (χ1v) is 11.4. The molecule has 174 valence electrons. The van der Waals surface area contributed by atoms with Gasteiger partial charge in [0.1, 0.15) is 17.0 Å². The molecule has 0 amide bonds. The first kappa shape index (κ1) is 21.9. The van der Waals surface area contributed by atoms with Crippen LogP contribution in [0.2, 0.25) is 0 Å². The van der Waals surface area contributed by atoms with E-state index in [4.69, 9.17) is 14.5 Å². The molecule has 2 aromatic carbocycles. The highest BCUT2D eigenvalue weighted by Gasteiger charge is 2.16. The number of ether oxygens (including phenoxy) is 2. The molecule has 34 heavy (non-hydrogen) atoms. The van der Waals surface area contributed by atoms with E-state index in [2.05, 4.69) is 32.3 Å². The van der Waals surface area contributed by atoms with Crippen molar-refractivity contribution in [2.24, 2.45) is 0 Å². The standard InChI is InChI=1S/C26H27N5O3/c1-17(2)34-23-6-4-3-5-20(23)21-15-22-24(26(32)28-16-27-22)25(30-21)29-18-7-9-19(10-8-18)31-11-13-33-14-12-31/h3-10,15-17H,11-14H2,1-2H3,(H,29,30)(H,27,28,32). The van der Waals surface area contributed by atoms with Gasteiger partial charge in [0.25, 0.3) is 5.56 Å². The molecule has 2 aromatic heterocycles. The van der Waals surface area contributed by atoms with Gasteiger partial charge in [-0.2, -0.15) is 0 Å². The van der Waals surface area contributed by atoms with Gasteiger partial charge < -0.3 is 24.7 Å². The van der Waals surface area contributed by atoms with Crippen LogP contribution < -0.4 is 20.5 Å². The number of fused-ring (bicyclic) bond motifs is 1. The Morgan fingerprint density at radius 3 is 2.62 bits per heavy atom. The molecule has 8 nitrogen and oxygen atoms in total. The van der Waals surface area contributed by atoms with Gasteiger partial charge in [0, 0.05) is 30.0 Å². The normalized spacial score (nSPS) is 13.9. The summed E-state index contributed by atoms with van der Waals surface area (Å²) in [4.78, 5) is 26.9. The molecule has 0 saturated carbocycles. The van der Waals surface area contributed by atoms with E-state index in [1.807, 2.05) is 56.3 Å². The largest absolute Gasteiger partial charge is 0.490 e. The Balaban J connectivity index is 1.54. The van der Waals surface area contributed by atoms with Crippen molar-refractivity contribution in [1.29, 1.82) is 0 Å². The first-order chi connectivity index (χ1) is 16.6. The van der Waals surface area contributed by atoms with Crippen LogP contribution in [0.5, 0.6) is 5.75 Å². The van der Waals surface area contributed by atoms with Gasteiger partial charge in [-0.15, -0.1) is 0 Å². The van der Waals surface area contributed by atoms with Crippen molar-refractivity contribution in [2.75, 3.05) is 36.5 Å². The highest BCUT2D eigenvalue weighted by atomic mass is 16.5. The minimum atomic E-state index is -0.247. The molecular formula is C26H27N5O3. The molecule has 0 spiro atoms. The van der Waals surface area contributed by atoms with Crippen LogP contribution in [0.4, 0.5) is 17.2 Å². The van der Waals surface area contributed by atoms with Crippen molar-refractivity contribution in [2.45, 2.75) is 20.0 Å². The summed E-state index contributed by atoms with van der Waals surface area (Å²) in [6.07, 6.45) is 1.43. The van der Waals surface area contributed by atoms with Crippen molar-refractivity contribution in [3.63, 3.8) is 0 Å². The maximum atomic E-state index is 12.7. The number of hydrogen-bond donors (Lipinski definition) is 2. The number of nitrogens with zero attached hydrogens (tertiary/aromatic N) is 3. The number of anilines is 3. The van der Waals surface area contributed by atoms with Gasteiger partial charge in [-0.3, -0.25) is 4.79 Å². The minimum absolute atomic E-state index is 0.0187. The second kappa shape index (κ2) is 9.52. The van der Waals surface area contributed by atoms with Gasteiger partial charge >= 0.3 is 0 Å². The zero-order valence-corrected chi connectivity index (χ0v) is 19.2. The summed E-state index contributed by atoms with van der Waals surface area (Å²) in [5.41, 5.74) is 3.79. The van der Waals surface area contributed by atoms with E-state index >= 15 is 0 Å². The lowest BCUT2D eigenvalue weighted by Crippen LogP contribution is -2.36. The van der Waals surface area contributed by atoms with Crippen molar-refractivity contribution in [3.8, 4) is 17.0 Å². The second-order valence-corrected chi connectivity index (χ2v) is 8.42. The average Bonchev–Trinajstić information content (AvgIpc) is 2.85. The number of rotatable bonds is 6. The molecule has 1 fully saturated rings. The number of aromatic nitrogens is 3. The average molecular weight is 458 g/mol. The quantitative estimate of drug-likeness (QED) is 0.445. The van der Waals surface area contributed by atoms with Gasteiger partial charge in [-0.1, -0.05) is 12.1 Å². The summed E-state index contributed by atoms with van der Waals surface area (Å²) in [7, 11) is 0. The molecule has 1 saturated heterocycles. The lowest BCUT2D eigenvalue weighted by Gasteiger charge is -2.28. The van der Waals surface area contributed by atoms with E-state index in [9.17, 15) is 4.79 Å². The van der Waals surface area contributed by atoms with Crippen molar-refractivity contribution in [1.82, 2.24) is 15.0 Å². The van der Waals surface area contributed by atoms with Crippen LogP contribution in [0.25, 0.3) is 22.2 Å². The number of aromatic amines is 1. The van der Waals surface area contributed by atoms with Gasteiger partial charge in [-0.25, -0.2) is 9.97 Å². The number of morpholine rings is 1. The van der Waals surface area contributed by atoms with E-state index in [-0.39, 0.29) is 11.7 Å². The Morgan fingerprint density at radius 1 is 1.09 bits per heavy atom. The smallest absolute Gasteiger partial charge is 0.262 e. The van der Waals surface area contributed by atoms with Crippen LogP contribution in [0.1, 0.15) is 13.8 Å². The first-order valence-electron chi connectivity index (χ1n) is 11.4. The molecule has 0 radical (unpaired) electrons. The predicted molar refractivity (Wildman–Crippen MR) is 134 cm³/mol. The summed E-state index contributed by atoms with van der Waals surface area (Å²) in [6, 6.07) is 17.7. The maximum absolute atomic E-state index is 12.7. The molecule has 5 rings (SSSR count).